The zero-order valence-corrected chi connectivity index (χ0v) is 19.9. The molecule has 0 aliphatic carbocycles. The summed E-state index contributed by atoms with van der Waals surface area (Å²) in [7, 11) is 1.61. The van der Waals surface area contributed by atoms with Crippen LogP contribution in [0, 0.1) is 0 Å². The monoisotopic (exact) mass is 474 g/mol. The summed E-state index contributed by atoms with van der Waals surface area (Å²) < 4.78 is 10.8. The molecule has 1 aliphatic heterocycles. The molecule has 8 heteroatoms. The van der Waals surface area contributed by atoms with E-state index in [1.165, 1.54) is 0 Å². The third-order valence-electron chi connectivity index (χ3n) is 5.83. The Balaban J connectivity index is 1.25. The predicted molar refractivity (Wildman–Crippen MR) is 135 cm³/mol. The lowest BCUT2D eigenvalue weighted by atomic mass is 10.1. The first-order valence-electron chi connectivity index (χ1n) is 11.7. The van der Waals surface area contributed by atoms with E-state index in [1.54, 1.807) is 13.3 Å². The van der Waals surface area contributed by atoms with Crippen molar-refractivity contribution in [1.82, 2.24) is 9.88 Å². The number of amides is 2. The van der Waals surface area contributed by atoms with Gasteiger partial charge in [0.15, 0.2) is 6.61 Å². The minimum atomic E-state index is -0.105. The number of nitrogens with one attached hydrogen (secondary N) is 1. The summed E-state index contributed by atoms with van der Waals surface area (Å²) in [4.78, 5) is 33.5. The fourth-order valence-electron chi connectivity index (χ4n) is 3.93. The summed E-state index contributed by atoms with van der Waals surface area (Å²) in [5, 5.41) is 2.89. The molecule has 1 aromatic heterocycles. The van der Waals surface area contributed by atoms with Crippen LogP contribution in [0.3, 0.4) is 0 Å². The summed E-state index contributed by atoms with van der Waals surface area (Å²) in [6, 6.07) is 20.5. The van der Waals surface area contributed by atoms with Gasteiger partial charge in [0, 0.05) is 26.2 Å². The van der Waals surface area contributed by atoms with Gasteiger partial charge in [-0.25, -0.2) is 4.98 Å². The summed E-state index contributed by atoms with van der Waals surface area (Å²) >= 11 is 0. The van der Waals surface area contributed by atoms with Gasteiger partial charge in [0.05, 0.1) is 25.4 Å². The number of hydrogen-bond acceptors (Lipinski definition) is 6. The molecule has 0 atom stereocenters. The van der Waals surface area contributed by atoms with Crippen molar-refractivity contribution < 1.29 is 19.1 Å². The topological polar surface area (TPSA) is 84.0 Å². The highest BCUT2D eigenvalue weighted by molar-refractivity contribution is 5.92. The second-order valence-electron chi connectivity index (χ2n) is 8.30. The largest absolute Gasteiger partial charge is 0.497 e. The fraction of sp³-hybridized carbons (Fsp3) is 0.296. The molecule has 0 unspecified atom stereocenters. The summed E-state index contributed by atoms with van der Waals surface area (Å²) in [5.41, 5.74) is 1.56. The number of anilines is 2. The van der Waals surface area contributed by atoms with Gasteiger partial charge in [-0.05, 0) is 48.4 Å². The number of ether oxygens (including phenoxy) is 2. The molecule has 1 fully saturated rings. The molecule has 2 amide bonds. The van der Waals surface area contributed by atoms with Crippen LogP contribution in [0.25, 0.3) is 0 Å². The first-order chi connectivity index (χ1) is 17.1. The van der Waals surface area contributed by atoms with Crippen LogP contribution in [0.5, 0.6) is 11.5 Å². The number of carbonyl (C=O) groups excluding carboxylic acids is 2. The molecular weight excluding hydrogens is 444 g/mol. The van der Waals surface area contributed by atoms with Gasteiger partial charge in [-0.15, -0.1) is 0 Å². The second-order valence-corrected chi connectivity index (χ2v) is 8.30. The molecular formula is C27H30N4O4. The number of hydrogen-bond donors (Lipinski definition) is 1. The molecule has 1 N–H and O–H groups in total. The summed E-state index contributed by atoms with van der Waals surface area (Å²) in [5.74, 6) is 2.16. The van der Waals surface area contributed by atoms with Crippen molar-refractivity contribution in [1.29, 1.82) is 0 Å². The highest BCUT2D eigenvalue weighted by Gasteiger charge is 2.20. The van der Waals surface area contributed by atoms with Gasteiger partial charge < -0.3 is 24.6 Å². The molecule has 0 spiro atoms. The average molecular weight is 475 g/mol. The molecule has 0 bridgehead atoms. The lowest BCUT2D eigenvalue weighted by molar-refractivity contribution is -0.133. The van der Waals surface area contributed by atoms with Gasteiger partial charge >= 0.3 is 0 Å². The highest BCUT2D eigenvalue weighted by atomic mass is 16.5. The van der Waals surface area contributed by atoms with Crippen LogP contribution < -0.4 is 19.7 Å². The molecule has 182 valence electrons. The van der Waals surface area contributed by atoms with Crippen molar-refractivity contribution in [3.8, 4) is 11.5 Å². The Morgan fingerprint density at radius 3 is 2.43 bits per heavy atom. The van der Waals surface area contributed by atoms with Crippen LogP contribution >= 0.6 is 0 Å². The van der Waals surface area contributed by atoms with Crippen molar-refractivity contribution in [2.75, 3.05) is 50.1 Å². The molecule has 2 heterocycles. The number of benzene rings is 2. The Kier molecular flexibility index (Phi) is 8.17. The van der Waals surface area contributed by atoms with Crippen LogP contribution in [0.15, 0.2) is 72.9 Å². The standard InChI is InChI=1S/C27H30N4O4/c1-34-23-11-8-21(9-12-23)18-26(32)29-22-10-13-25(28-19-22)30-14-5-15-31(17-16-30)27(33)20-35-24-6-3-2-4-7-24/h2-4,6-13,19H,5,14-18,20H2,1H3,(H,29,32). The van der Waals surface area contributed by atoms with Crippen molar-refractivity contribution in [2.45, 2.75) is 12.8 Å². The van der Waals surface area contributed by atoms with Crippen molar-refractivity contribution >= 4 is 23.3 Å². The fourth-order valence-corrected chi connectivity index (χ4v) is 3.93. The third-order valence-corrected chi connectivity index (χ3v) is 5.83. The molecule has 3 aromatic rings. The van der Waals surface area contributed by atoms with E-state index in [2.05, 4.69) is 15.2 Å². The van der Waals surface area contributed by atoms with E-state index in [1.807, 2.05) is 71.6 Å². The smallest absolute Gasteiger partial charge is 0.260 e. The number of pyridine rings is 1. The third kappa shape index (κ3) is 6.96. The first kappa shape index (κ1) is 24.1. The number of aromatic nitrogens is 1. The molecule has 4 rings (SSSR count). The van der Waals surface area contributed by atoms with Gasteiger partial charge in [-0.3, -0.25) is 9.59 Å². The van der Waals surface area contributed by atoms with E-state index in [9.17, 15) is 9.59 Å². The van der Waals surface area contributed by atoms with Crippen LogP contribution in [-0.2, 0) is 16.0 Å². The van der Waals surface area contributed by atoms with Crippen molar-refractivity contribution in [3.05, 3.63) is 78.5 Å². The van der Waals surface area contributed by atoms with E-state index in [-0.39, 0.29) is 24.8 Å². The Labute approximate surface area is 205 Å². The average Bonchev–Trinajstić information content (AvgIpc) is 3.15. The van der Waals surface area contributed by atoms with Crippen LogP contribution in [0.4, 0.5) is 11.5 Å². The highest BCUT2D eigenvalue weighted by Crippen LogP contribution is 2.18. The lowest BCUT2D eigenvalue weighted by Crippen LogP contribution is -2.38. The first-order valence-corrected chi connectivity index (χ1v) is 11.7. The van der Waals surface area contributed by atoms with Gasteiger partial charge in [0.2, 0.25) is 5.91 Å². The summed E-state index contributed by atoms with van der Waals surface area (Å²) in [6.07, 6.45) is 2.79. The van der Waals surface area contributed by atoms with E-state index in [0.717, 1.165) is 30.1 Å². The zero-order chi connectivity index (χ0) is 24.5. The minimum Gasteiger partial charge on any atom is -0.497 e. The van der Waals surface area contributed by atoms with Gasteiger partial charge in [0.1, 0.15) is 17.3 Å². The summed E-state index contributed by atoms with van der Waals surface area (Å²) in [6.45, 7) is 2.83. The van der Waals surface area contributed by atoms with Crippen molar-refractivity contribution in [3.63, 3.8) is 0 Å². The maximum absolute atomic E-state index is 12.6. The van der Waals surface area contributed by atoms with E-state index in [4.69, 9.17) is 9.47 Å². The Morgan fingerprint density at radius 1 is 0.914 bits per heavy atom. The molecule has 0 radical (unpaired) electrons. The van der Waals surface area contributed by atoms with Gasteiger partial charge in [-0.2, -0.15) is 0 Å². The normalized spacial score (nSPS) is 13.6. The van der Waals surface area contributed by atoms with Crippen LogP contribution in [0.2, 0.25) is 0 Å². The van der Waals surface area contributed by atoms with E-state index < -0.39 is 0 Å². The number of para-hydroxylation sites is 1. The van der Waals surface area contributed by atoms with Crippen molar-refractivity contribution in [2.24, 2.45) is 0 Å². The molecule has 35 heavy (non-hydrogen) atoms. The molecule has 2 aromatic carbocycles. The predicted octanol–water partition coefficient (Wildman–Crippen LogP) is 3.39. The van der Waals surface area contributed by atoms with Gasteiger partial charge in [-0.1, -0.05) is 30.3 Å². The Morgan fingerprint density at radius 2 is 1.71 bits per heavy atom. The number of nitrogens with zero attached hydrogens (tertiary/aromatic N) is 3. The van der Waals surface area contributed by atoms with E-state index in [0.29, 0.717) is 31.1 Å². The number of carbonyl (C=O) groups is 2. The minimum absolute atomic E-state index is 0.0152. The quantitative estimate of drug-likeness (QED) is 0.539. The number of rotatable bonds is 8. The molecule has 1 saturated heterocycles. The maximum Gasteiger partial charge on any atom is 0.260 e. The zero-order valence-electron chi connectivity index (χ0n) is 19.9. The maximum atomic E-state index is 12.6. The lowest BCUT2D eigenvalue weighted by Gasteiger charge is -2.23. The van der Waals surface area contributed by atoms with E-state index >= 15 is 0 Å². The number of methoxy groups -OCH3 is 1. The van der Waals surface area contributed by atoms with Crippen LogP contribution in [0.1, 0.15) is 12.0 Å². The van der Waals surface area contributed by atoms with Crippen LogP contribution in [-0.4, -0.2) is 61.6 Å². The van der Waals surface area contributed by atoms with Gasteiger partial charge in [0.25, 0.3) is 5.91 Å². The Hall–Kier alpha value is -4.07. The second kappa shape index (κ2) is 11.9. The Bertz CT molecular complexity index is 1100. The molecule has 8 nitrogen and oxygen atoms in total. The molecule has 0 saturated carbocycles. The SMILES string of the molecule is COc1ccc(CC(=O)Nc2ccc(N3CCCN(C(=O)COc4ccccc4)CC3)nc2)cc1. The molecule has 1 aliphatic rings.